The molecule has 1 aromatic carbocycles. The number of carbonyl (C=O) groups is 2. The van der Waals surface area contributed by atoms with Crippen molar-refractivity contribution in [3.8, 4) is 0 Å². The Morgan fingerprint density at radius 1 is 1.35 bits per heavy atom. The number of amides is 1. The molecule has 0 aliphatic carbocycles. The highest BCUT2D eigenvalue weighted by molar-refractivity contribution is 5.96. The molecule has 1 aromatic rings. The number of aromatic carboxylic acids is 1. The van der Waals surface area contributed by atoms with Crippen LogP contribution in [-0.4, -0.2) is 30.1 Å². The lowest BCUT2D eigenvalue weighted by atomic mass is 10.1. The SMILES string of the molecule is Cc1cc(NCC(=O)NCC(C)C)cc(C(=O)O)c1N. The summed E-state index contributed by atoms with van der Waals surface area (Å²) in [6, 6.07) is 3.15. The van der Waals surface area contributed by atoms with E-state index in [2.05, 4.69) is 10.6 Å². The quantitative estimate of drug-likeness (QED) is 0.590. The summed E-state index contributed by atoms with van der Waals surface area (Å²) in [5.74, 6) is -0.833. The molecule has 0 aromatic heterocycles. The average Bonchev–Trinajstić information content (AvgIpc) is 2.37. The van der Waals surface area contributed by atoms with Gasteiger partial charge in [-0.05, 0) is 30.5 Å². The highest BCUT2D eigenvalue weighted by Gasteiger charge is 2.12. The van der Waals surface area contributed by atoms with Crippen molar-refractivity contribution in [1.82, 2.24) is 5.32 Å². The zero-order valence-corrected chi connectivity index (χ0v) is 12.0. The first-order valence-electron chi connectivity index (χ1n) is 6.45. The Kier molecular flexibility index (Phi) is 5.37. The molecule has 0 heterocycles. The number of aryl methyl sites for hydroxylation is 1. The zero-order chi connectivity index (χ0) is 15.3. The highest BCUT2D eigenvalue weighted by Crippen LogP contribution is 2.22. The van der Waals surface area contributed by atoms with Gasteiger partial charge in [0.05, 0.1) is 12.1 Å². The van der Waals surface area contributed by atoms with Crippen LogP contribution >= 0.6 is 0 Å². The fourth-order valence-electron chi connectivity index (χ4n) is 1.64. The maximum Gasteiger partial charge on any atom is 0.337 e. The molecule has 0 saturated carbocycles. The summed E-state index contributed by atoms with van der Waals surface area (Å²) >= 11 is 0. The monoisotopic (exact) mass is 279 g/mol. The van der Waals surface area contributed by atoms with E-state index in [9.17, 15) is 9.59 Å². The molecule has 6 heteroatoms. The summed E-state index contributed by atoms with van der Waals surface area (Å²) < 4.78 is 0. The summed E-state index contributed by atoms with van der Waals surface area (Å²) in [5, 5.41) is 14.7. The van der Waals surface area contributed by atoms with Crippen molar-refractivity contribution in [2.75, 3.05) is 24.1 Å². The van der Waals surface area contributed by atoms with E-state index in [1.165, 1.54) is 6.07 Å². The molecule has 0 aliphatic rings. The molecular formula is C14H21N3O3. The predicted octanol–water partition coefficient (Wildman–Crippen LogP) is 1.46. The van der Waals surface area contributed by atoms with Gasteiger partial charge in [-0.15, -0.1) is 0 Å². The van der Waals surface area contributed by atoms with Crippen LogP contribution in [0.3, 0.4) is 0 Å². The van der Waals surface area contributed by atoms with Gasteiger partial charge in [-0.1, -0.05) is 13.8 Å². The lowest BCUT2D eigenvalue weighted by molar-refractivity contribution is -0.119. The lowest BCUT2D eigenvalue weighted by Crippen LogP contribution is -2.32. The molecular weight excluding hydrogens is 258 g/mol. The van der Waals surface area contributed by atoms with Crippen LogP contribution in [0.25, 0.3) is 0 Å². The van der Waals surface area contributed by atoms with E-state index in [1.54, 1.807) is 13.0 Å². The first-order valence-corrected chi connectivity index (χ1v) is 6.45. The summed E-state index contributed by atoms with van der Waals surface area (Å²) in [7, 11) is 0. The molecule has 0 fully saturated rings. The molecule has 20 heavy (non-hydrogen) atoms. The third kappa shape index (κ3) is 4.46. The number of rotatable bonds is 6. The number of hydrogen-bond donors (Lipinski definition) is 4. The van der Waals surface area contributed by atoms with Crippen LogP contribution in [-0.2, 0) is 4.79 Å². The van der Waals surface area contributed by atoms with E-state index in [0.29, 0.717) is 23.7 Å². The van der Waals surface area contributed by atoms with Gasteiger partial charge in [0.2, 0.25) is 5.91 Å². The Morgan fingerprint density at radius 3 is 2.55 bits per heavy atom. The second-order valence-corrected chi connectivity index (χ2v) is 5.11. The van der Waals surface area contributed by atoms with E-state index in [-0.39, 0.29) is 23.7 Å². The number of carbonyl (C=O) groups excluding carboxylic acids is 1. The smallest absolute Gasteiger partial charge is 0.337 e. The van der Waals surface area contributed by atoms with Gasteiger partial charge in [0.25, 0.3) is 0 Å². The van der Waals surface area contributed by atoms with Crippen molar-refractivity contribution in [3.05, 3.63) is 23.3 Å². The minimum Gasteiger partial charge on any atom is -0.478 e. The summed E-state index contributed by atoms with van der Waals surface area (Å²) in [6.45, 7) is 6.45. The summed E-state index contributed by atoms with van der Waals surface area (Å²) in [5.41, 5.74) is 7.21. The van der Waals surface area contributed by atoms with Crippen LogP contribution in [0.2, 0.25) is 0 Å². The van der Waals surface area contributed by atoms with Crippen molar-refractivity contribution in [2.45, 2.75) is 20.8 Å². The molecule has 0 bridgehead atoms. The number of nitrogen functional groups attached to an aromatic ring is 1. The number of nitrogens with one attached hydrogen (secondary N) is 2. The van der Waals surface area contributed by atoms with Gasteiger partial charge < -0.3 is 21.5 Å². The normalized spacial score (nSPS) is 10.4. The molecule has 1 rings (SSSR count). The lowest BCUT2D eigenvalue weighted by Gasteiger charge is -2.12. The van der Waals surface area contributed by atoms with Gasteiger partial charge >= 0.3 is 5.97 Å². The number of anilines is 2. The Hall–Kier alpha value is -2.24. The number of nitrogens with two attached hydrogens (primary N) is 1. The molecule has 0 radical (unpaired) electrons. The maximum atomic E-state index is 11.6. The van der Waals surface area contributed by atoms with E-state index < -0.39 is 5.97 Å². The van der Waals surface area contributed by atoms with Gasteiger partial charge in [-0.3, -0.25) is 4.79 Å². The topological polar surface area (TPSA) is 104 Å². The molecule has 0 unspecified atom stereocenters. The molecule has 1 amide bonds. The van der Waals surface area contributed by atoms with Crippen LogP contribution in [0.4, 0.5) is 11.4 Å². The van der Waals surface area contributed by atoms with Crippen molar-refractivity contribution in [3.63, 3.8) is 0 Å². The maximum absolute atomic E-state index is 11.6. The van der Waals surface area contributed by atoms with Crippen LogP contribution < -0.4 is 16.4 Å². The van der Waals surface area contributed by atoms with Crippen molar-refractivity contribution >= 4 is 23.3 Å². The molecule has 0 saturated heterocycles. The van der Waals surface area contributed by atoms with Gasteiger partial charge in [0.15, 0.2) is 0 Å². The first kappa shape index (κ1) is 15.8. The Bertz CT molecular complexity index is 513. The van der Waals surface area contributed by atoms with Gasteiger partial charge in [-0.2, -0.15) is 0 Å². The van der Waals surface area contributed by atoms with Gasteiger partial charge in [0, 0.05) is 17.9 Å². The largest absolute Gasteiger partial charge is 0.478 e. The molecule has 110 valence electrons. The van der Waals surface area contributed by atoms with Crippen LogP contribution in [0.1, 0.15) is 29.8 Å². The molecule has 6 nitrogen and oxygen atoms in total. The van der Waals surface area contributed by atoms with Gasteiger partial charge in [-0.25, -0.2) is 4.79 Å². The van der Waals surface area contributed by atoms with Crippen molar-refractivity contribution in [2.24, 2.45) is 5.92 Å². The molecule has 0 aliphatic heterocycles. The predicted molar refractivity (Wildman–Crippen MR) is 78.9 cm³/mol. The number of carboxylic acids is 1. The van der Waals surface area contributed by atoms with Crippen LogP contribution in [0.5, 0.6) is 0 Å². The van der Waals surface area contributed by atoms with Crippen molar-refractivity contribution in [1.29, 1.82) is 0 Å². The zero-order valence-electron chi connectivity index (χ0n) is 12.0. The second-order valence-electron chi connectivity index (χ2n) is 5.11. The Balaban J connectivity index is 2.69. The second kappa shape index (κ2) is 6.79. The Morgan fingerprint density at radius 2 is 2.00 bits per heavy atom. The third-order valence-corrected chi connectivity index (χ3v) is 2.78. The van der Waals surface area contributed by atoms with Crippen LogP contribution in [0, 0.1) is 12.8 Å². The molecule has 0 atom stereocenters. The summed E-state index contributed by atoms with van der Waals surface area (Å²) in [6.07, 6.45) is 0. The number of carboxylic acid groups (broad SMARTS) is 1. The average molecular weight is 279 g/mol. The molecule has 5 N–H and O–H groups in total. The minimum atomic E-state index is -1.08. The fraction of sp³-hybridized carbons (Fsp3) is 0.429. The highest BCUT2D eigenvalue weighted by atomic mass is 16.4. The fourth-order valence-corrected chi connectivity index (χ4v) is 1.64. The van der Waals surface area contributed by atoms with E-state index in [0.717, 1.165) is 0 Å². The van der Waals surface area contributed by atoms with Gasteiger partial charge in [0.1, 0.15) is 0 Å². The minimum absolute atomic E-state index is 0.0371. The van der Waals surface area contributed by atoms with E-state index >= 15 is 0 Å². The van der Waals surface area contributed by atoms with E-state index in [1.807, 2.05) is 13.8 Å². The standard InChI is InChI=1S/C14H21N3O3/c1-8(2)6-17-12(18)7-16-10-4-9(3)13(15)11(5-10)14(19)20/h4-5,8,16H,6-7,15H2,1-3H3,(H,17,18)(H,19,20). The van der Waals surface area contributed by atoms with Crippen LogP contribution in [0.15, 0.2) is 12.1 Å². The van der Waals surface area contributed by atoms with E-state index in [4.69, 9.17) is 10.8 Å². The number of benzene rings is 1. The molecule has 0 spiro atoms. The first-order chi connectivity index (χ1) is 9.31. The third-order valence-electron chi connectivity index (χ3n) is 2.78. The number of hydrogen-bond acceptors (Lipinski definition) is 4. The van der Waals surface area contributed by atoms with Crippen molar-refractivity contribution < 1.29 is 14.7 Å². The Labute approximate surface area is 118 Å². The summed E-state index contributed by atoms with van der Waals surface area (Å²) in [4.78, 5) is 22.6.